The number of ether oxygens (including phenoxy) is 2. The summed E-state index contributed by atoms with van der Waals surface area (Å²) < 4.78 is 141. The highest BCUT2D eigenvalue weighted by Gasteiger charge is 2.74. The summed E-state index contributed by atoms with van der Waals surface area (Å²) in [7, 11) is 1.09. The predicted octanol–water partition coefficient (Wildman–Crippen LogP) is 6.80. The summed E-state index contributed by atoms with van der Waals surface area (Å²) in [6.07, 6.45) is -17.9. The first-order valence-corrected chi connectivity index (χ1v) is 8.25. The molecule has 0 atom stereocenters. The van der Waals surface area contributed by atoms with Crippen molar-refractivity contribution < 1.29 is 53.4 Å². The number of halogens is 10. The van der Waals surface area contributed by atoms with Gasteiger partial charge in [0, 0.05) is 12.7 Å². The molecule has 0 N–H and O–H groups in total. The van der Waals surface area contributed by atoms with Gasteiger partial charge in [0.05, 0.1) is 6.61 Å². The quantitative estimate of drug-likeness (QED) is 0.455. The van der Waals surface area contributed by atoms with Gasteiger partial charge in [0.25, 0.3) is 0 Å². The summed E-state index contributed by atoms with van der Waals surface area (Å²) in [5.41, 5.74) is -9.42. The van der Waals surface area contributed by atoms with Gasteiger partial charge in [0.15, 0.2) is 0 Å². The van der Waals surface area contributed by atoms with Gasteiger partial charge in [-0.2, -0.15) is 26.3 Å². The molecule has 0 aliphatic heterocycles. The Labute approximate surface area is 169 Å². The summed E-state index contributed by atoms with van der Waals surface area (Å²) in [6.45, 7) is 0.566. The van der Waals surface area contributed by atoms with Crippen molar-refractivity contribution in [3.05, 3.63) is 53.1 Å². The van der Waals surface area contributed by atoms with E-state index in [1.165, 1.54) is 0 Å². The number of hydrogen-bond donors (Lipinski definition) is 0. The zero-order valence-electron chi connectivity index (χ0n) is 15.7. The average molecular weight is 463 g/mol. The van der Waals surface area contributed by atoms with Gasteiger partial charge in [-0.05, 0) is 47.4 Å². The monoisotopic (exact) mass is 463 g/mol. The van der Waals surface area contributed by atoms with Crippen LogP contribution in [0.4, 0.5) is 43.9 Å². The minimum atomic E-state index is -6.39. The Hall–Kier alpha value is -2.50. The number of methoxy groups -OCH3 is 1. The van der Waals surface area contributed by atoms with E-state index >= 15 is 0 Å². The van der Waals surface area contributed by atoms with E-state index in [1.54, 1.807) is 0 Å². The van der Waals surface area contributed by atoms with Crippen LogP contribution in [0.5, 0.6) is 5.75 Å². The van der Waals surface area contributed by atoms with E-state index in [9.17, 15) is 43.9 Å². The third-order valence-electron chi connectivity index (χ3n) is 4.10. The van der Waals surface area contributed by atoms with Crippen molar-refractivity contribution >= 4 is 0 Å². The highest BCUT2D eigenvalue weighted by Crippen LogP contribution is 2.56. The molecule has 0 saturated heterocycles. The van der Waals surface area contributed by atoms with Crippen LogP contribution < -0.4 is 4.74 Å². The van der Waals surface area contributed by atoms with Crippen molar-refractivity contribution in [1.82, 2.24) is 0 Å². The first kappa shape index (κ1) is 24.8. The van der Waals surface area contributed by atoms with Crippen LogP contribution in [-0.4, -0.2) is 25.8 Å². The van der Waals surface area contributed by atoms with E-state index in [1.807, 2.05) is 0 Å². The molecule has 0 unspecified atom stereocenters. The number of aryl methyl sites for hydroxylation is 1. The summed E-state index contributed by atoms with van der Waals surface area (Å²) in [4.78, 5) is 0. The molecule has 0 aromatic heterocycles. The summed E-state index contributed by atoms with van der Waals surface area (Å²) in [5, 5.41) is 0. The highest BCUT2D eigenvalue weighted by molar-refractivity contribution is 5.73. The normalized spacial score (nSPS) is 13.4. The molecule has 0 spiro atoms. The fourth-order valence-corrected chi connectivity index (χ4v) is 2.93. The van der Waals surface area contributed by atoms with Crippen molar-refractivity contribution in [2.24, 2.45) is 0 Å². The van der Waals surface area contributed by atoms with Gasteiger partial charge in [0.2, 0.25) is 0 Å². The molecule has 0 aliphatic rings. The Kier molecular flexibility index (Phi) is 6.56. The molecular weight excluding hydrogens is 450 g/mol. The van der Waals surface area contributed by atoms with Gasteiger partial charge >= 0.3 is 24.4 Å². The van der Waals surface area contributed by atoms with Crippen LogP contribution in [0.15, 0.2) is 30.3 Å². The first-order chi connectivity index (χ1) is 14.0. The number of alkyl halides is 10. The summed E-state index contributed by atoms with van der Waals surface area (Å²) in [5.74, 6) is -0.777. The first-order valence-electron chi connectivity index (χ1n) is 8.25. The van der Waals surface area contributed by atoms with E-state index in [0.29, 0.717) is 18.2 Å². The molecule has 0 bridgehead atoms. The topological polar surface area (TPSA) is 18.5 Å². The van der Waals surface area contributed by atoms with Crippen LogP contribution in [0.2, 0.25) is 0 Å². The van der Waals surface area contributed by atoms with Crippen LogP contribution in [0.25, 0.3) is 11.1 Å². The molecule has 2 nitrogen and oxygen atoms in total. The SMILES string of the molecule is COCc1[c]c(C)cc(C(F)(C(F)(F)F)C(F)(F)F)c1-c1ccc(OC(F)(F)F)cc1. The van der Waals surface area contributed by atoms with Gasteiger partial charge in [-0.3, -0.25) is 0 Å². The van der Waals surface area contributed by atoms with Gasteiger partial charge in [-0.1, -0.05) is 18.2 Å². The lowest BCUT2D eigenvalue weighted by molar-refractivity contribution is -0.348. The lowest BCUT2D eigenvalue weighted by Crippen LogP contribution is -2.50. The molecule has 0 heterocycles. The Morgan fingerprint density at radius 2 is 1.35 bits per heavy atom. The molecule has 0 saturated carbocycles. The standard InChI is InChI=1S/C19H13F10O2/c1-10-7-12(9-30-2)15(11-3-5-13(6-4-11)31-19(27,28)29)14(8-10)16(20,17(21,22)23)18(24,25)26/h3-6,8H,9H2,1-2H3. The van der Waals surface area contributed by atoms with Crippen LogP contribution >= 0.6 is 0 Å². The Morgan fingerprint density at radius 1 is 0.839 bits per heavy atom. The van der Waals surface area contributed by atoms with Crippen LogP contribution in [0.1, 0.15) is 16.7 Å². The van der Waals surface area contributed by atoms with Gasteiger partial charge in [0.1, 0.15) is 5.75 Å². The third-order valence-corrected chi connectivity index (χ3v) is 4.10. The van der Waals surface area contributed by atoms with Crippen LogP contribution in [-0.2, 0) is 17.0 Å². The van der Waals surface area contributed by atoms with Crippen molar-refractivity contribution in [2.75, 3.05) is 7.11 Å². The molecule has 2 rings (SSSR count). The summed E-state index contributed by atoms with van der Waals surface area (Å²) >= 11 is 0. The second-order valence-corrected chi connectivity index (χ2v) is 6.38. The summed E-state index contributed by atoms with van der Waals surface area (Å²) in [6, 6.07) is 5.74. The van der Waals surface area contributed by atoms with Gasteiger partial charge in [-0.15, -0.1) is 13.2 Å². The second kappa shape index (κ2) is 8.21. The molecule has 12 heteroatoms. The third kappa shape index (κ3) is 5.05. The minimum absolute atomic E-state index is 0.238. The Balaban J connectivity index is 2.83. The minimum Gasteiger partial charge on any atom is -0.406 e. The van der Waals surface area contributed by atoms with Crippen molar-refractivity contribution in [3.8, 4) is 16.9 Å². The number of benzene rings is 2. The lowest BCUT2D eigenvalue weighted by atomic mass is 9.83. The van der Waals surface area contributed by atoms with Gasteiger partial charge in [-0.25, -0.2) is 4.39 Å². The molecule has 1 radical (unpaired) electrons. The van der Waals surface area contributed by atoms with E-state index in [4.69, 9.17) is 4.74 Å². The molecule has 171 valence electrons. The van der Waals surface area contributed by atoms with Crippen molar-refractivity contribution in [1.29, 1.82) is 0 Å². The second-order valence-electron chi connectivity index (χ2n) is 6.38. The van der Waals surface area contributed by atoms with Gasteiger partial charge < -0.3 is 9.47 Å². The fraction of sp³-hybridized carbons (Fsp3) is 0.368. The molecule has 0 aliphatic carbocycles. The predicted molar refractivity (Wildman–Crippen MR) is 87.7 cm³/mol. The maximum absolute atomic E-state index is 14.9. The molecule has 2 aromatic rings. The Morgan fingerprint density at radius 3 is 1.77 bits per heavy atom. The maximum Gasteiger partial charge on any atom is 0.573 e. The number of hydrogen-bond acceptors (Lipinski definition) is 2. The van der Waals surface area contributed by atoms with Crippen molar-refractivity contribution in [2.45, 2.75) is 37.9 Å². The zero-order valence-corrected chi connectivity index (χ0v) is 15.7. The molecule has 0 fully saturated rings. The molecular formula is C19H13F10O2. The van der Waals surface area contributed by atoms with Crippen LogP contribution in [0.3, 0.4) is 0 Å². The van der Waals surface area contributed by atoms with Crippen molar-refractivity contribution in [3.63, 3.8) is 0 Å². The molecule has 2 aromatic carbocycles. The largest absolute Gasteiger partial charge is 0.573 e. The van der Waals surface area contributed by atoms with E-state index in [-0.39, 0.29) is 11.1 Å². The molecule has 0 amide bonds. The molecule has 31 heavy (non-hydrogen) atoms. The lowest BCUT2D eigenvalue weighted by Gasteiger charge is -2.33. The zero-order chi connectivity index (χ0) is 23.8. The Bertz CT molecular complexity index is 898. The van der Waals surface area contributed by atoms with E-state index in [2.05, 4.69) is 10.8 Å². The maximum atomic E-state index is 14.9. The average Bonchev–Trinajstić information content (AvgIpc) is 2.58. The highest BCUT2D eigenvalue weighted by atomic mass is 19.4. The van der Waals surface area contributed by atoms with E-state index < -0.39 is 53.4 Å². The fourth-order valence-electron chi connectivity index (χ4n) is 2.93. The number of rotatable bonds is 5. The van der Waals surface area contributed by atoms with Crippen LogP contribution in [0, 0.1) is 13.0 Å². The smallest absolute Gasteiger partial charge is 0.406 e. The van der Waals surface area contributed by atoms with E-state index in [0.717, 1.165) is 26.2 Å².